The molecule has 1 heterocycles. The van der Waals surface area contributed by atoms with Crippen molar-refractivity contribution in [1.29, 1.82) is 0 Å². The molecule has 6 heteroatoms. The Morgan fingerprint density at radius 1 is 0.774 bits per heavy atom. The number of carbonyl (C=O) groups excluding carboxylic acids is 2. The van der Waals surface area contributed by atoms with Crippen molar-refractivity contribution >= 4 is 17.5 Å². The van der Waals surface area contributed by atoms with Gasteiger partial charge in [0.2, 0.25) is 0 Å². The zero-order chi connectivity index (χ0) is 21.5. The van der Waals surface area contributed by atoms with E-state index in [1.54, 1.807) is 48.9 Å². The van der Waals surface area contributed by atoms with Crippen LogP contribution >= 0.6 is 0 Å². The molecule has 4 aromatic rings. The van der Waals surface area contributed by atoms with Gasteiger partial charge in [0.1, 0.15) is 0 Å². The van der Waals surface area contributed by atoms with E-state index in [1.165, 1.54) is 5.56 Å². The van der Waals surface area contributed by atoms with E-state index in [0.29, 0.717) is 23.4 Å². The monoisotopic (exact) mass is 410 g/mol. The Labute approximate surface area is 180 Å². The molecule has 0 aliphatic carbocycles. The zero-order valence-corrected chi connectivity index (χ0v) is 16.9. The first-order valence-electron chi connectivity index (χ1n) is 9.95. The summed E-state index contributed by atoms with van der Waals surface area (Å²) in [5, 5.41) is 5.75. The Bertz CT molecular complexity index is 1140. The van der Waals surface area contributed by atoms with Crippen molar-refractivity contribution in [3.63, 3.8) is 0 Å². The van der Waals surface area contributed by atoms with E-state index in [4.69, 9.17) is 0 Å². The molecule has 1 aromatic heterocycles. The Morgan fingerprint density at radius 2 is 1.45 bits per heavy atom. The van der Waals surface area contributed by atoms with Crippen molar-refractivity contribution in [3.05, 3.63) is 120 Å². The van der Waals surface area contributed by atoms with Gasteiger partial charge in [-0.25, -0.2) is 4.98 Å². The molecule has 2 amide bonds. The van der Waals surface area contributed by atoms with Gasteiger partial charge < -0.3 is 15.2 Å². The van der Waals surface area contributed by atoms with Gasteiger partial charge in [0.05, 0.1) is 6.33 Å². The van der Waals surface area contributed by atoms with E-state index in [-0.39, 0.29) is 11.8 Å². The van der Waals surface area contributed by atoms with E-state index in [0.717, 1.165) is 12.1 Å². The molecule has 0 atom stereocenters. The number of imidazole rings is 1. The largest absolute Gasteiger partial charge is 0.348 e. The summed E-state index contributed by atoms with van der Waals surface area (Å²) >= 11 is 0. The average molecular weight is 410 g/mol. The van der Waals surface area contributed by atoms with Crippen LogP contribution in [0.3, 0.4) is 0 Å². The lowest BCUT2D eigenvalue weighted by Gasteiger charge is -2.09. The van der Waals surface area contributed by atoms with Crippen molar-refractivity contribution in [2.45, 2.75) is 13.1 Å². The smallest absolute Gasteiger partial charge is 0.255 e. The standard InChI is InChI=1S/C25H22N4O2/c30-24(27-16-19-6-8-20(9-7-19)17-29-15-14-26-18-29)22-10-12-23(13-11-22)28-25(31)21-4-2-1-3-5-21/h1-15,18H,16-17H2,(H,27,30)(H,28,31). The normalized spacial score (nSPS) is 10.5. The average Bonchev–Trinajstić information content (AvgIpc) is 3.32. The molecule has 6 nitrogen and oxygen atoms in total. The molecule has 0 unspecified atom stereocenters. The quantitative estimate of drug-likeness (QED) is 0.481. The molecule has 154 valence electrons. The van der Waals surface area contributed by atoms with Crippen molar-refractivity contribution < 1.29 is 9.59 Å². The fraction of sp³-hybridized carbons (Fsp3) is 0.0800. The number of rotatable bonds is 7. The first-order chi connectivity index (χ1) is 15.2. The fourth-order valence-corrected chi connectivity index (χ4v) is 3.14. The van der Waals surface area contributed by atoms with Gasteiger partial charge in [-0.05, 0) is 47.5 Å². The van der Waals surface area contributed by atoms with Gasteiger partial charge in [-0.1, -0.05) is 42.5 Å². The Kier molecular flexibility index (Phi) is 6.18. The molecule has 0 spiro atoms. The third-order valence-corrected chi connectivity index (χ3v) is 4.84. The molecule has 0 fully saturated rings. The highest BCUT2D eigenvalue weighted by atomic mass is 16.2. The second-order valence-corrected chi connectivity index (χ2v) is 7.13. The lowest BCUT2D eigenvalue weighted by atomic mass is 10.1. The molecule has 3 aromatic carbocycles. The van der Waals surface area contributed by atoms with Gasteiger partial charge in [-0.2, -0.15) is 0 Å². The third-order valence-electron chi connectivity index (χ3n) is 4.84. The third kappa shape index (κ3) is 5.45. The summed E-state index contributed by atoms with van der Waals surface area (Å²) < 4.78 is 2.00. The van der Waals surface area contributed by atoms with Crippen LogP contribution in [-0.4, -0.2) is 21.4 Å². The number of carbonyl (C=O) groups is 2. The minimum atomic E-state index is -0.186. The Hall–Kier alpha value is -4.19. The number of hydrogen-bond acceptors (Lipinski definition) is 3. The maximum absolute atomic E-state index is 12.4. The molecular weight excluding hydrogens is 388 g/mol. The van der Waals surface area contributed by atoms with Gasteiger partial charge in [-0.3, -0.25) is 9.59 Å². The first-order valence-corrected chi connectivity index (χ1v) is 9.95. The molecule has 4 rings (SSSR count). The van der Waals surface area contributed by atoms with Crippen LogP contribution in [-0.2, 0) is 13.1 Å². The molecule has 0 saturated carbocycles. The first kappa shape index (κ1) is 20.1. The highest BCUT2D eigenvalue weighted by molar-refractivity contribution is 6.04. The Morgan fingerprint density at radius 3 is 2.13 bits per heavy atom. The zero-order valence-electron chi connectivity index (χ0n) is 16.9. The summed E-state index contributed by atoms with van der Waals surface area (Å²) in [6.07, 6.45) is 5.46. The van der Waals surface area contributed by atoms with E-state index in [9.17, 15) is 9.59 Å². The van der Waals surface area contributed by atoms with Crippen LogP contribution in [0.4, 0.5) is 5.69 Å². The number of nitrogens with zero attached hydrogens (tertiary/aromatic N) is 2. The predicted molar refractivity (Wildman–Crippen MR) is 120 cm³/mol. The number of hydrogen-bond donors (Lipinski definition) is 2. The van der Waals surface area contributed by atoms with Gasteiger partial charge in [-0.15, -0.1) is 0 Å². The Balaban J connectivity index is 1.29. The van der Waals surface area contributed by atoms with E-state index in [1.807, 2.05) is 53.2 Å². The van der Waals surface area contributed by atoms with Crippen LogP contribution in [0.15, 0.2) is 97.6 Å². The van der Waals surface area contributed by atoms with Gasteiger partial charge in [0.15, 0.2) is 0 Å². The maximum Gasteiger partial charge on any atom is 0.255 e. The van der Waals surface area contributed by atoms with Crippen LogP contribution < -0.4 is 10.6 Å². The van der Waals surface area contributed by atoms with Gasteiger partial charge >= 0.3 is 0 Å². The summed E-state index contributed by atoms with van der Waals surface area (Å²) in [5.41, 5.74) is 3.95. The molecule has 0 aliphatic rings. The summed E-state index contributed by atoms with van der Waals surface area (Å²) in [6, 6.07) is 23.9. The molecule has 31 heavy (non-hydrogen) atoms. The molecule has 0 aliphatic heterocycles. The lowest BCUT2D eigenvalue weighted by molar-refractivity contribution is 0.0950. The van der Waals surface area contributed by atoms with Crippen molar-refractivity contribution in [2.75, 3.05) is 5.32 Å². The summed E-state index contributed by atoms with van der Waals surface area (Å²) in [4.78, 5) is 28.7. The highest BCUT2D eigenvalue weighted by Gasteiger charge is 2.08. The molecular formula is C25H22N4O2. The second-order valence-electron chi connectivity index (χ2n) is 7.13. The van der Waals surface area contributed by atoms with Crippen molar-refractivity contribution in [1.82, 2.24) is 14.9 Å². The number of benzene rings is 3. The minimum Gasteiger partial charge on any atom is -0.348 e. The summed E-state index contributed by atoms with van der Waals surface area (Å²) in [6.45, 7) is 1.20. The minimum absolute atomic E-state index is 0.163. The summed E-state index contributed by atoms with van der Waals surface area (Å²) in [7, 11) is 0. The predicted octanol–water partition coefficient (Wildman–Crippen LogP) is 4.11. The van der Waals surface area contributed by atoms with Crippen molar-refractivity contribution in [2.24, 2.45) is 0 Å². The SMILES string of the molecule is O=C(NCc1ccc(Cn2ccnc2)cc1)c1ccc(NC(=O)c2ccccc2)cc1. The lowest BCUT2D eigenvalue weighted by Crippen LogP contribution is -2.22. The summed E-state index contributed by atoms with van der Waals surface area (Å²) in [5.74, 6) is -0.349. The number of nitrogens with one attached hydrogen (secondary N) is 2. The number of anilines is 1. The second kappa shape index (κ2) is 9.54. The van der Waals surface area contributed by atoms with Crippen LogP contribution in [0, 0.1) is 0 Å². The number of amides is 2. The van der Waals surface area contributed by atoms with Crippen LogP contribution in [0.1, 0.15) is 31.8 Å². The van der Waals surface area contributed by atoms with Crippen LogP contribution in [0.5, 0.6) is 0 Å². The molecule has 0 radical (unpaired) electrons. The van der Waals surface area contributed by atoms with Crippen LogP contribution in [0.25, 0.3) is 0 Å². The number of aromatic nitrogens is 2. The van der Waals surface area contributed by atoms with Gasteiger partial charge in [0, 0.05) is 42.3 Å². The van der Waals surface area contributed by atoms with Gasteiger partial charge in [0.25, 0.3) is 11.8 Å². The fourth-order valence-electron chi connectivity index (χ4n) is 3.14. The molecule has 2 N–H and O–H groups in total. The van der Waals surface area contributed by atoms with Crippen LogP contribution in [0.2, 0.25) is 0 Å². The maximum atomic E-state index is 12.4. The topological polar surface area (TPSA) is 76.0 Å². The molecule has 0 bridgehead atoms. The van der Waals surface area contributed by atoms with E-state index >= 15 is 0 Å². The molecule has 0 saturated heterocycles. The van der Waals surface area contributed by atoms with Crippen molar-refractivity contribution in [3.8, 4) is 0 Å². The van der Waals surface area contributed by atoms with E-state index in [2.05, 4.69) is 15.6 Å². The highest BCUT2D eigenvalue weighted by Crippen LogP contribution is 2.12. The van der Waals surface area contributed by atoms with E-state index < -0.39 is 0 Å².